The van der Waals surface area contributed by atoms with Crippen molar-refractivity contribution in [2.24, 2.45) is 0 Å². The van der Waals surface area contributed by atoms with Crippen molar-refractivity contribution in [1.29, 1.82) is 0 Å². The van der Waals surface area contributed by atoms with E-state index in [1.54, 1.807) is 0 Å². The first-order chi connectivity index (χ1) is 10.7. The molecule has 0 N–H and O–H groups in total. The van der Waals surface area contributed by atoms with Crippen LogP contribution in [0.4, 0.5) is 0 Å². The SMILES string of the molecule is Cc1ncccc1C(c1cccnc1C)c1cccnc1C. The largest absolute Gasteiger partial charge is 0.261 e. The molecule has 3 heterocycles. The second kappa shape index (κ2) is 6.06. The highest BCUT2D eigenvalue weighted by molar-refractivity contribution is 5.46. The third-order valence-corrected chi connectivity index (χ3v) is 4.08. The normalized spacial score (nSPS) is 10.9. The average molecular weight is 289 g/mol. The lowest BCUT2D eigenvalue weighted by Crippen LogP contribution is -2.10. The summed E-state index contributed by atoms with van der Waals surface area (Å²) in [7, 11) is 0. The van der Waals surface area contributed by atoms with Gasteiger partial charge in [0, 0.05) is 41.6 Å². The van der Waals surface area contributed by atoms with Crippen molar-refractivity contribution in [2.75, 3.05) is 0 Å². The van der Waals surface area contributed by atoms with Crippen LogP contribution in [0, 0.1) is 20.8 Å². The van der Waals surface area contributed by atoms with E-state index < -0.39 is 0 Å². The fourth-order valence-corrected chi connectivity index (χ4v) is 2.91. The minimum Gasteiger partial charge on any atom is -0.261 e. The maximum Gasteiger partial charge on any atom is 0.0414 e. The first kappa shape index (κ1) is 14.4. The third kappa shape index (κ3) is 2.62. The highest BCUT2D eigenvalue weighted by atomic mass is 14.7. The van der Waals surface area contributed by atoms with E-state index in [0.717, 1.165) is 17.1 Å². The van der Waals surface area contributed by atoms with Crippen molar-refractivity contribution in [2.45, 2.75) is 26.7 Å². The molecule has 3 aromatic heterocycles. The van der Waals surface area contributed by atoms with Crippen LogP contribution in [0.2, 0.25) is 0 Å². The lowest BCUT2D eigenvalue weighted by atomic mass is 9.83. The van der Waals surface area contributed by atoms with Crippen molar-refractivity contribution in [3.63, 3.8) is 0 Å². The molecule has 110 valence electrons. The van der Waals surface area contributed by atoms with Crippen LogP contribution in [0.1, 0.15) is 39.7 Å². The Morgan fingerprint density at radius 1 is 0.591 bits per heavy atom. The van der Waals surface area contributed by atoms with Crippen LogP contribution in [0.25, 0.3) is 0 Å². The Labute approximate surface area is 131 Å². The van der Waals surface area contributed by atoms with E-state index in [4.69, 9.17) is 0 Å². The van der Waals surface area contributed by atoms with Gasteiger partial charge in [0.25, 0.3) is 0 Å². The molecular formula is C19H19N3. The Morgan fingerprint density at radius 2 is 0.909 bits per heavy atom. The summed E-state index contributed by atoms with van der Waals surface area (Å²) in [4.78, 5) is 13.4. The Kier molecular flexibility index (Phi) is 3.96. The van der Waals surface area contributed by atoms with Gasteiger partial charge in [-0.25, -0.2) is 0 Å². The Balaban J connectivity index is 2.27. The Hall–Kier alpha value is -2.55. The van der Waals surface area contributed by atoms with Gasteiger partial charge in [-0.05, 0) is 55.7 Å². The molecule has 0 atom stereocenters. The van der Waals surface area contributed by atoms with E-state index in [1.807, 2.05) is 36.8 Å². The molecule has 0 fully saturated rings. The van der Waals surface area contributed by atoms with Gasteiger partial charge in [-0.15, -0.1) is 0 Å². The van der Waals surface area contributed by atoms with Crippen molar-refractivity contribution >= 4 is 0 Å². The van der Waals surface area contributed by atoms with Gasteiger partial charge in [0.1, 0.15) is 0 Å². The van der Waals surface area contributed by atoms with Gasteiger partial charge in [0.2, 0.25) is 0 Å². The van der Waals surface area contributed by atoms with Crippen LogP contribution in [0.15, 0.2) is 55.0 Å². The second-order valence-corrected chi connectivity index (χ2v) is 5.47. The number of nitrogens with zero attached hydrogens (tertiary/aromatic N) is 3. The van der Waals surface area contributed by atoms with Crippen LogP contribution in [0.5, 0.6) is 0 Å². The zero-order valence-electron chi connectivity index (χ0n) is 13.1. The fourth-order valence-electron chi connectivity index (χ4n) is 2.91. The van der Waals surface area contributed by atoms with E-state index in [2.05, 4.69) is 53.9 Å². The van der Waals surface area contributed by atoms with E-state index in [1.165, 1.54) is 16.7 Å². The summed E-state index contributed by atoms with van der Waals surface area (Å²) in [5.41, 5.74) is 6.73. The summed E-state index contributed by atoms with van der Waals surface area (Å²) in [5, 5.41) is 0. The van der Waals surface area contributed by atoms with Crippen LogP contribution in [0.3, 0.4) is 0 Å². The molecule has 0 aromatic carbocycles. The molecular weight excluding hydrogens is 270 g/mol. The van der Waals surface area contributed by atoms with Crippen LogP contribution in [-0.2, 0) is 0 Å². The van der Waals surface area contributed by atoms with Crippen molar-refractivity contribution in [3.8, 4) is 0 Å². The Bertz CT molecular complexity index is 688. The van der Waals surface area contributed by atoms with Gasteiger partial charge in [-0.2, -0.15) is 0 Å². The maximum atomic E-state index is 4.47. The lowest BCUT2D eigenvalue weighted by Gasteiger charge is -2.22. The van der Waals surface area contributed by atoms with E-state index >= 15 is 0 Å². The zero-order valence-corrected chi connectivity index (χ0v) is 13.1. The number of aryl methyl sites for hydroxylation is 3. The number of aromatic nitrogens is 3. The number of pyridine rings is 3. The molecule has 3 heteroatoms. The molecule has 0 aliphatic carbocycles. The average Bonchev–Trinajstić information content (AvgIpc) is 2.53. The second-order valence-electron chi connectivity index (χ2n) is 5.47. The van der Waals surface area contributed by atoms with E-state index in [9.17, 15) is 0 Å². The van der Waals surface area contributed by atoms with Gasteiger partial charge in [0.15, 0.2) is 0 Å². The molecule has 0 aliphatic heterocycles. The third-order valence-electron chi connectivity index (χ3n) is 4.08. The number of hydrogen-bond donors (Lipinski definition) is 0. The maximum absolute atomic E-state index is 4.47. The molecule has 3 nitrogen and oxygen atoms in total. The smallest absolute Gasteiger partial charge is 0.0414 e. The molecule has 22 heavy (non-hydrogen) atoms. The van der Waals surface area contributed by atoms with Crippen LogP contribution < -0.4 is 0 Å². The highest BCUT2D eigenvalue weighted by Crippen LogP contribution is 2.35. The van der Waals surface area contributed by atoms with E-state index in [-0.39, 0.29) is 5.92 Å². The summed E-state index contributed by atoms with van der Waals surface area (Å²) >= 11 is 0. The predicted octanol–water partition coefficient (Wildman–Crippen LogP) is 3.98. The molecule has 0 unspecified atom stereocenters. The molecule has 0 radical (unpaired) electrons. The molecule has 0 saturated heterocycles. The van der Waals surface area contributed by atoms with Gasteiger partial charge in [0.05, 0.1) is 0 Å². The number of rotatable bonds is 3. The van der Waals surface area contributed by atoms with Gasteiger partial charge >= 0.3 is 0 Å². The Morgan fingerprint density at radius 3 is 1.18 bits per heavy atom. The summed E-state index contributed by atoms with van der Waals surface area (Å²) in [6.45, 7) is 6.17. The molecule has 0 spiro atoms. The minimum absolute atomic E-state index is 0.107. The first-order valence-corrected chi connectivity index (χ1v) is 7.43. The molecule has 0 aliphatic rings. The first-order valence-electron chi connectivity index (χ1n) is 7.43. The zero-order chi connectivity index (χ0) is 15.5. The lowest BCUT2D eigenvalue weighted by molar-refractivity contribution is 0.888. The van der Waals surface area contributed by atoms with E-state index in [0.29, 0.717) is 0 Å². The minimum atomic E-state index is 0.107. The highest BCUT2D eigenvalue weighted by Gasteiger charge is 2.22. The van der Waals surface area contributed by atoms with Gasteiger partial charge in [-0.3, -0.25) is 15.0 Å². The van der Waals surface area contributed by atoms with Gasteiger partial charge in [-0.1, -0.05) is 18.2 Å². The number of hydrogen-bond acceptors (Lipinski definition) is 3. The summed E-state index contributed by atoms with van der Waals surface area (Å²) in [6, 6.07) is 12.4. The topological polar surface area (TPSA) is 38.7 Å². The fraction of sp³-hybridized carbons (Fsp3) is 0.211. The van der Waals surface area contributed by atoms with Crippen molar-refractivity contribution in [1.82, 2.24) is 15.0 Å². The summed E-state index contributed by atoms with van der Waals surface area (Å²) in [5.74, 6) is 0.107. The van der Waals surface area contributed by atoms with Gasteiger partial charge < -0.3 is 0 Å². The molecule has 0 saturated carbocycles. The molecule has 0 bridgehead atoms. The monoisotopic (exact) mass is 289 g/mol. The quantitative estimate of drug-likeness (QED) is 0.732. The summed E-state index contributed by atoms with van der Waals surface area (Å²) < 4.78 is 0. The summed E-state index contributed by atoms with van der Waals surface area (Å²) in [6.07, 6.45) is 5.51. The molecule has 3 rings (SSSR count). The predicted molar refractivity (Wildman–Crippen MR) is 87.9 cm³/mol. The van der Waals surface area contributed by atoms with Crippen molar-refractivity contribution < 1.29 is 0 Å². The van der Waals surface area contributed by atoms with Crippen LogP contribution >= 0.6 is 0 Å². The molecule has 0 amide bonds. The van der Waals surface area contributed by atoms with Crippen LogP contribution in [-0.4, -0.2) is 15.0 Å². The molecule has 3 aromatic rings. The van der Waals surface area contributed by atoms with Crippen molar-refractivity contribution in [3.05, 3.63) is 88.8 Å². The standard InChI is InChI=1S/C19H19N3/c1-13-16(7-4-10-20-13)19(17-8-5-11-21-14(17)2)18-9-6-12-22-15(18)3/h4-12,19H,1-3H3.